The molecule has 0 saturated heterocycles. The van der Waals surface area contributed by atoms with Crippen LogP contribution in [0.1, 0.15) is 92.0 Å². The van der Waals surface area contributed by atoms with E-state index in [-0.39, 0.29) is 11.3 Å². The number of carboxylic acid groups (broad SMARTS) is 1. The van der Waals surface area contributed by atoms with E-state index in [0.29, 0.717) is 6.61 Å². The first-order chi connectivity index (χ1) is 11.2. The standard InChI is InChI=1S/C18H28O5/c1-2-3-4-5-6-7-8-9-10-11-13-23-18(21)16-15(17(19)20)12-14-22-16/h12,14H,2-11,13H2,1H3,(H,19,20). The number of rotatable bonds is 13. The number of carbonyl (C=O) groups excluding carboxylic acids is 1. The fourth-order valence-corrected chi connectivity index (χ4v) is 2.46. The van der Waals surface area contributed by atoms with Gasteiger partial charge >= 0.3 is 11.9 Å². The molecule has 23 heavy (non-hydrogen) atoms. The average Bonchev–Trinajstić information content (AvgIpc) is 3.02. The largest absolute Gasteiger partial charge is 0.478 e. The lowest BCUT2D eigenvalue weighted by Gasteiger charge is -2.04. The van der Waals surface area contributed by atoms with Gasteiger partial charge in [-0.1, -0.05) is 64.7 Å². The van der Waals surface area contributed by atoms with Crippen LogP contribution < -0.4 is 0 Å². The summed E-state index contributed by atoms with van der Waals surface area (Å²) in [5.41, 5.74) is -0.155. The van der Waals surface area contributed by atoms with Gasteiger partial charge in [0.25, 0.3) is 0 Å². The zero-order valence-corrected chi connectivity index (χ0v) is 14.0. The molecule has 0 atom stereocenters. The van der Waals surface area contributed by atoms with Gasteiger partial charge in [-0.3, -0.25) is 0 Å². The summed E-state index contributed by atoms with van der Waals surface area (Å²) < 4.78 is 9.94. The number of ether oxygens (including phenoxy) is 1. The first kappa shape index (κ1) is 19.3. The van der Waals surface area contributed by atoms with Gasteiger partial charge in [0.15, 0.2) is 0 Å². The van der Waals surface area contributed by atoms with Crippen molar-refractivity contribution >= 4 is 11.9 Å². The number of hydrogen-bond donors (Lipinski definition) is 1. The van der Waals surface area contributed by atoms with E-state index in [1.165, 1.54) is 57.3 Å². The molecule has 0 radical (unpaired) electrons. The number of esters is 1. The van der Waals surface area contributed by atoms with Crippen LogP contribution in [0.2, 0.25) is 0 Å². The van der Waals surface area contributed by atoms with E-state index in [1.54, 1.807) is 0 Å². The van der Waals surface area contributed by atoms with E-state index in [4.69, 9.17) is 14.3 Å². The van der Waals surface area contributed by atoms with Crippen LogP contribution in [0.4, 0.5) is 0 Å². The van der Waals surface area contributed by atoms with Gasteiger partial charge in [-0.25, -0.2) is 9.59 Å². The van der Waals surface area contributed by atoms with Gasteiger partial charge in [0.2, 0.25) is 5.76 Å². The van der Waals surface area contributed by atoms with Crippen LogP contribution in [0, 0.1) is 0 Å². The first-order valence-electron chi connectivity index (χ1n) is 8.64. The van der Waals surface area contributed by atoms with Crippen molar-refractivity contribution in [3.8, 4) is 0 Å². The summed E-state index contributed by atoms with van der Waals surface area (Å²) in [6.07, 6.45) is 13.3. The Bertz CT molecular complexity index is 464. The monoisotopic (exact) mass is 324 g/mol. The molecule has 0 aromatic carbocycles. The zero-order valence-electron chi connectivity index (χ0n) is 14.0. The summed E-state index contributed by atoms with van der Waals surface area (Å²) in [6, 6.07) is 1.25. The fraction of sp³-hybridized carbons (Fsp3) is 0.667. The minimum Gasteiger partial charge on any atom is -0.478 e. The van der Waals surface area contributed by atoms with Crippen LogP contribution in [-0.2, 0) is 4.74 Å². The predicted molar refractivity (Wildman–Crippen MR) is 87.8 cm³/mol. The SMILES string of the molecule is CCCCCCCCCCCCOC(=O)c1occc1C(=O)O. The smallest absolute Gasteiger partial charge is 0.375 e. The summed E-state index contributed by atoms with van der Waals surface area (Å²) in [5, 5.41) is 8.90. The highest BCUT2D eigenvalue weighted by Gasteiger charge is 2.21. The molecule has 0 unspecified atom stereocenters. The highest BCUT2D eigenvalue weighted by Crippen LogP contribution is 2.13. The third kappa shape index (κ3) is 7.86. The zero-order chi connectivity index (χ0) is 16.9. The van der Waals surface area contributed by atoms with Crippen LogP contribution in [0.25, 0.3) is 0 Å². The van der Waals surface area contributed by atoms with E-state index in [9.17, 15) is 9.59 Å². The summed E-state index contributed by atoms with van der Waals surface area (Å²) in [6.45, 7) is 2.52. The van der Waals surface area contributed by atoms with E-state index in [2.05, 4.69) is 6.92 Å². The molecule has 1 aromatic heterocycles. The third-order valence-electron chi connectivity index (χ3n) is 3.81. The van der Waals surface area contributed by atoms with Crippen molar-refractivity contribution in [2.24, 2.45) is 0 Å². The molecule has 5 nitrogen and oxygen atoms in total. The van der Waals surface area contributed by atoms with Gasteiger partial charge in [0, 0.05) is 0 Å². The Morgan fingerprint density at radius 2 is 1.57 bits per heavy atom. The van der Waals surface area contributed by atoms with Crippen LogP contribution in [-0.4, -0.2) is 23.7 Å². The fourth-order valence-electron chi connectivity index (χ4n) is 2.46. The Morgan fingerprint density at radius 3 is 2.13 bits per heavy atom. The van der Waals surface area contributed by atoms with E-state index < -0.39 is 11.9 Å². The summed E-state index contributed by atoms with van der Waals surface area (Å²) in [7, 11) is 0. The number of aromatic carboxylic acids is 1. The van der Waals surface area contributed by atoms with E-state index in [1.807, 2.05) is 0 Å². The molecule has 0 aliphatic heterocycles. The highest BCUT2D eigenvalue weighted by atomic mass is 16.5. The van der Waals surface area contributed by atoms with Crippen molar-refractivity contribution in [3.63, 3.8) is 0 Å². The molecular weight excluding hydrogens is 296 g/mol. The van der Waals surface area contributed by atoms with Crippen molar-refractivity contribution in [2.75, 3.05) is 6.61 Å². The molecule has 0 amide bonds. The van der Waals surface area contributed by atoms with Gasteiger partial charge in [-0.2, -0.15) is 0 Å². The molecule has 0 saturated carbocycles. The number of hydrogen-bond acceptors (Lipinski definition) is 4. The van der Waals surface area contributed by atoms with Gasteiger partial charge in [-0.15, -0.1) is 0 Å². The number of unbranched alkanes of at least 4 members (excludes halogenated alkanes) is 9. The highest BCUT2D eigenvalue weighted by molar-refractivity contribution is 6.00. The van der Waals surface area contributed by atoms with Gasteiger partial charge in [-0.05, 0) is 12.5 Å². The van der Waals surface area contributed by atoms with Crippen LogP contribution >= 0.6 is 0 Å². The molecule has 130 valence electrons. The van der Waals surface area contributed by atoms with Gasteiger partial charge in [0.1, 0.15) is 5.56 Å². The number of carboxylic acids is 1. The minimum atomic E-state index is -1.19. The lowest BCUT2D eigenvalue weighted by Crippen LogP contribution is -2.10. The summed E-state index contributed by atoms with van der Waals surface area (Å²) >= 11 is 0. The minimum absolute atomic E-state index is 0.155. The molecule has 1 rings (SSSR count). The van der Waals surface area contributed by atoms with E-state index >= 15 is 0 Å². The van der Waals surface area contributed by atoms with Crippen molar-refractivity contribution in [1.29, 1.82) is 0 Å². The van der Waals surface area contributed by atoms with E-state index in [0.717, 1.165) is 19.3 Å². The van der Waals surface area contributed by atoms with Crippen molar-refractivity contribution in [3.05, 3.63) is 23.7 Å². The topological polar surface area (TPSA) is 76.7 Å². The van der Waals surface area contributed by atoms with Crippen LogP contribution in [0.3, 0.4) is 0 Å². The predicted octanol–water partition coefficient (Wildman–Crippen LogP) is 5.06. The first-order valence-corrected chi connectivity index (χ1v) is 8.64. The molecule has 0 fully saturated rings. The molecule has 0 aliphatic carbocycles. The molecule has 0 aliphatic rings. The second-order valence-corrected chi connectivity index (χ2v) is 5.79. The third-order valence-corrected chi connectivity index (χ3v) is 3.81. The van der Waals surface area contributed by atoms with Crippen molar-refractivity contribution < 1.29 is 23.8 Å². The number of carbonyl (C=O) groups is 2. The Labute approximate surface area is 138 Å². The lowest BCUT2D eigenvalue weighted by atomic mass is 10.1. The average molecular weight is 324 g/mol. The van der Waals surface area contributed by atoms with Crippen LogP contribution in [0.5, 0.6) is 0 Å². The maximum absolute atomic E-state index is 11.7. The van der Waals surface area contributed by atoms with Crippen molar-refractivity contribution in [2.45, 2.75) is 71.1 Å². The molecule has 0 bridgehead atoms. The lowest BCUT2D eigenvalue weighted by molar-refractivity contribution is 0.0450. The Balaban J connectivity index is 2.01. The Morgan fingerprint density at radius 1 is 1.00 bits per heavy atom. The normalized spacial score (nSPS) is 10.7. The number of furan rings is 1. The molecule has 0 spiro atoms. The second-order valence-electron chi connectivity index (χ2n) is 5.79. The van der Waals surface area contributed by atoms with Crippen molar-refractivity contribution in [1.82, 2.24) is 0 Å². The van der Waals surface area contributed by atoms with Gasteiger partial charge in [0.05, 0.1) is 12.9 Å². The maximum atomic E-state index is 11.7. The quantitative estimate of drug-likeness (QED) is 0.405. The molecule has 1 heterocycles. The molecule has 1 N–H and O–H groups in total. The molecular formula is C18H28O5. The summed E-state index contributed by atoms with van der Waals surface area (Å²) in [4.78, 5) is 22.6. The molecule has 1 aromatic rings. The second kappa shape index (κ2) is 11.7. The van der Waals surface area contributed by atoms with Crippen LogP contribution in [0.15, 0.2) is 16.7 Å². The molecule has 5 heteroatoms. The maximum Gasteiger partial charge on any atom is 0.375 e. The Kier molecular flexibility index (Phi) is 9.84. The summed E-state index contributed by atoms with van der Waals surface area (Å²) in [5.74, 6) is -2.13. The Hall–Kier alpha value is -1.78. The van der Waals surface area contributed by atoms with Gasteiger partial charge < -0.3 is 14.3 Å².